The van der Waals surface area contributed by atoms with Crippen molar-refractivity contribution in [3.05, 3.63) is 61.2 Å². The molecule has 0 aliphatic carbocycles. The zero-order valence-electron chi connectivity index (χ0n) is 17.8. The molecule has 0 fully saturated rings. The molecule has 2 aromatic carbocycles. The standard InChI is InChI=1S/C22H22N6O3S2/c1-3-13-28-17-8-6-5-7-16(17)19-20(28)25-22(27-26-19)32-18(4-2)21(29)24-14-9-11-15(12-10-14)33(23,30)31/h3,5-12,18H,1,4,13H2,2H3,(H,24,29)(H2,23,30,31)/t18-/m1/s1. The largest absolute Gasteiger partial charge is 0.325 e. The average Bonchev–Trinajstić information content (AvgIpc) is 3.10. The Morgan fingerprint density at radius 2 is 1.94 bits per heavy atom. The van der Waals surface area contributed by atoms with Crippen molar-refractivity contribution in [2.75, 3.05) is 5.32 Å². The van der Waals surface area contributed by atoms with Gasteiger partial charge in [-0.1, -0.05) is 43.0 Å². The van der Waals surface area contributed by atoms with Crippen molar-refractivity contribution in [2.24, 2.45) is 5.14 Å². The van der Waals surface area contributed by atoms with Crippen molar-refractivity contribution in [3.8, 4) is 0 Å². The minimum absolute atomic E-state index is 0.0235. The van der Waals surface area contributed by atoms with Gasteiger partial charge in [0.25, 0.3) is 0 Å². The second-order valence-corrected chi connectivity index (χ2v) is 9.99. The molecule has 3 N–H and O–H groups in total. The summed E-state index contributed by atoms with van der Waals surface area (Å²) in [5.41, 5.74) is 2.84. The molecular weight excluding hydrogens is 460 g/mol. The van der Waals surface area contributed by atoms with Crippen LogP contribution in [0.25, 0.3) is 22.1 Å². The van der Waals surface area contributed by atoms with Crippen LogP contribution in [0.15, 0.2) is 71.2 Å². The van der Waals surface area contributed by atoms with Gasteiger partial charge in [0, 0.05) is 17.6 Å². The first kappa shape index (κ1) is 22.9. The lowest BCUT2D eigenvalue weighted by molar-refractivity contribution is -0.115. The molecule has 2 heterocycles. The van der Waals surface area contributed by atoms with Crippen molar-refractivity contribution in [2.45, 2.75) is 35.2 Å². The number of benzene rings is 2. The van der Waals surface area contributed by atoms with Crippen LogP contribution in [0.2, 0.25) is 0 Å². The molecule has 0 radical (unpaired) electrons. The van der Waals surface area contributed by atoms with Crippen molar-refractivity contribution >= 4 is 55.4 Å². The van der Waals surface area contributed by atoms with Gasteiger partial charge in [0.15, 0.2) is 5.65 Å². The van der Waals surface area contributed by atoms with Gasteiger partial charge in [0.05, 0.1) is 15.7 Å². The first-order valence-electron chi connectivity index (χ1n) is 10.1. The predicted octanol–water partition coefficient (Wildman–Crippen LogP) is 3.32. The van der Waals surface area contributed by atoms with Gasteiger partial charge in [-0.2, -0.15) is 0 Å². The smallest absolute Gasteiger partial charge is 0.238 e. The van der Waals surface area contributed by atoms with Crippen LogP contribution >= 0.6 is 11.8 Å². The third kappa shape index (κ3) is 4.75. The number of aromatic nitrogens is 4. The number of hydrogen-bond donors (Lipinski definition) is 2. The van der Waals surface area contributed by atoms with Crippen molar-refractivity contribution < 1.29 is 13.2 Å². The lowest BCUT2D eigenvalue weighted by Crippen LogP contribution is -2.25. The molecule has 0 unspecified atom stereocenters. The normalized spacial score (nSPS) is 12.7. The number of carbonyl (C=O) groups is 1. The third-order valence-electron chi connectivity index (χ3n) is 5.03. The number of allylic oxidation sites excluding steroid dienone is 1. The Morgan fingerprint density at radius 3 is 2.61 bits per heavy atom. The van der Waals surface area contributed by atoms with Gasteiger partial charge in [-0.3, -0.25) is 4.79 Å². The van der Waals surface area contributed by atoms with Gasteiger partial charge in [-0.05, 0) is 36.8 Å². The van der Waals surface area contributed by atoms with E-state index in [2.05, 4.69) is 22.1 Å². The Bertz CT molecular complexity index is 1450. The molecule has 0 aliphatic rings. The van der Waals surface area contributed by atoms with Crippen LogP contribution in [0, 0.1) is 0 Å². The minimum atomic E-state index is -3.79. The average molecular weight is 483 g/mol. The van der Waals surface area contributed by atoms with Crippen LogP contribution < -0.4 is 10.5 Å². The van der Waals surface area contributed by atoms with Crippen LogP contribution in [0.5, 0.6) is 0 Å². The Kier molecular flexibility index (Phi) is 6.45. The van der Waals surface area contributed by atoms with Crippen LogP contribution in [0.1, 0.15) is 13.3 Å². The monoisotopic (exact) mass is 482 g/mol. The molecule has 0 aliphatic heterocycles. The lowest BCUT2D eigenvalue weighted by Gasteiger charge is -2.14. The number of nitrogens with zero attached hydrogens (tertiary/aromatic N) is 4. The maximum atomic E-state index is 12.8. The van der Waals surface area contributed by atoms with Gasteiger partial charge >= 0.3 is 0 Å². The molecule has 4 rings (SSSR count). The van der Waals surface area contributed by atoms with Gasteiger partial charge in [-0.15, -0.1) is 16.8 Å². The van der Waals surface area contributed by atoms with E-state index in [-0.39, 0.29) is 10.8 Å². The zero-order chi connectivity index (χ0) is 23.6. The Labute approximate surface area is 195 Å². The fraction of sp³-hybridized carbons (Fsp3) is 0.182. The second-order valence-electron chi connectivity index (χ2n) is 7.26. The number of nitrogens with one attached hydrogen (secondary N) is 1. The highest BCUT2D eigenvalue weighted by Gasteiger charge is 2.22. The third-order valence-corrected chi connectivity index (χ3v) is 7.17. The zero-order valence-corrected chi connectivity index (χ0v) is 19.4. The summed E-state index contributed by atoms with van der Waals surface area (Å²) in [5, 5.41) is 17.4. The van der Waals surface area contributed by atoms with E-state index in [1.54, 1.807) is 6.08 Å². The molecule has 0 bridgehead atoms. The lowest BCUT2D eigenvalue weighted by atomic mass is 10.2. The number of sulfonamides is 1. The van der Waals surface area contributed by atoms with E-state index in [1.165, 1.54) is 36.0 Å². The maximum Gasteiger partial charge on any atom is 0.238 e. The minimum Gasteiger partial charge on any atom is -0.325 e. The van der Waals surface area contributed by atoms with E-state index in [0.717, 1.165) is 10.9 Å². The quantitative estimate of drug-likeness (QED) is 0.291. The maximum absolute atomic E-state index is 12.8. The first-order valence-corrected chi connectivity index (χ1v) is 12.6. The fourth-order valence-electron chi connectivity index (χ4n) is 3.45. The van der Waals surface area contributed by atoms with E-state index in [1.807, 2.05) is 35.8 Å². The highest BCUT2D eigenvalue weighted by molar-refractivity contribution is 8.00. The van der Waals surface area contributed by atoms with Crippen LogP contribution in [-0.4, -0.2) is 39.3 Å². The second kappa shape index (κ2) is 9.30. The first-order chi connectivity index (χ1) is 15.8. The summed E-state index contributed by atoms with van der Waals surface area (Å²) < 4.78 is 24.8. The molecule has 1 amide bonds. The van der Waals surface area contributed by atoms with E-state index < -0.39 is 15.3 Å². The van der Waals surface area contributed by atoms with Gasteiger partial charge in [-0.25, -0.2) is 18.5 Å². The number of nitrogens with two attached hydrogens (primary N) is 1. The molecule has 170 valence electrons. The number of fused-ring (bicyclic) bond motifs is 3. The Balaban J connectivity index is 1.58. The number of amides is 1. The van der Waals surface area contributed by atoms with Gasteiger partial charge < -0.3 is 9.88 Å². The molecule has 0 saturated carbocycles. The van der Waals surface area contributed by atoms with Crippen molar-refractivity contribution in [1.82, 2.24) is 19.7 Å². The van der Waals surface area contributed by atoms with E-state index >= 15 is 0 Å². The number of anilines is 1. The molecule has 4 aromatic rings. The molecule has 1 atom stereocenters. The van der Waals surface area contributed by atoms with Crippen molar-refractivity contribution in [1.29, 1.82) is 0 Å². The molecular formula is C22H22N6O3S2. The molecule has 0 spiro atoms. The molecule has 0 saturated heterocycles. The number of thioether (sulfide) groups is 1. The summed E-state index contributed by atoms with van der Waals surface area (Å²) in [5.74, 6) is -0.249. The van der Waals surface area contributed by atoms with E-state index in [0.29, 0.717) is 35.0 Å². The van der Waals surface area contributed by atoms with Gasteiger partial charge in [0.1, 0.15) is 5.52 Å². The van der Waals surface area contributed by atoms with E-state index in [9.17, 15) is 13.2 Å². The summed E-state index contributed by atoms with van der Waals surface area (Å²) in [7, 11) is -3.79. The number of para-hydroxylation sites is 1. The number of hydrogen-bond acceptors (Lipinski definition) is 7. The summed E-state index contributed by atoms with van der Waals surface area (Å²) in [6.07, 6.45) is 2.33. The topological polar surface area (TPSA) is 133 Å². The fourth-order valence-corrected chi connectivity index (χ4v) is 4.78. The SMILES string of the molecule is C=CCn1c2ccccc2c2nnc(S[C@H](CC)C(=O)Nc3ccc(S(N)(=O)=O)cc3)nc21. The summed E-state index contributed by atoms with van der Waals surface area (Å²) in [6, 6.07) is 13.5. The highest BCUT2D eigenvalue weighted by Crippen LogP contribution is 2.29. The molecule has 9 nitrogen and oxygen atoms in total. The number of primary sulfonamides is 1. The number of rotatable bonds is 8. The highest BCUT2D eigenvalue weighted by atomic mass is 32.2. The number of carbonyl (C=O) groups excluding carboxylic acids is 1. The Hall–Kier alpha value is -3.28. The molecule has 2 aromatic heterocycles. The van der Waals surface area contributed by atoms with Crippen LogP contribution in [0.4, 0.5) is 5.69 Å². The predicted molar refractivity (Wildman–Crippen MR) is 129 cm³/mol. The summed E-state index contributed by atoms with van der Waals surface area (Å²) in [6.45, 7) is 6.29. The molecule has 11 heteroatoms. The summed E-state index contributed by atoms with van der Waals surface area (Å²) in [4.78, 5) is 17.5. The van der Waals surface area contributed by atoms with E-state index in [4.69, 9.17) is 10.1 Å². The van der Waals surface area contributed by atoms with Crippen LogP contribution in [-0.2, 0) is 21.4 Å². The summed E-state index contributed by atoms with van der Waals surface area (Å²) >= 11 is 1.22. The van der Waals surface area contributed by atoms with Crippen molar-refractivity contribution in [3.63, 3.8) is 0 Å². The van der Waals surface area contributed by atoms with Crippen LogP contribution in [0.3, 0.4) is 0 Å². The Morgan fingerprint density at radius 1 is 1.21 bits per heavy atom. The molecule has 33 heavy (non-hydrogen) atoms. The van der Waals surface area contributed by atoms with Gasteiger partial charge in [0.2, 0.25) is 21.1 Å².